The number of thiophene rings is 1. The van der Waals surface area contributed by atoms with Crippen LogP contribution >= 0.6 is 27.3 Å². The fourth-order valence-electron chi connectivity index (χ4n) is 1.87. The summed E-state index contributed by atoms with van der Waals surface area (Å²) in [4.78, 5) is 0. The molecule has 0 aliphatic carbocycles. The third-order valence-electron chi connectivity index (χ3n) is 3.24. The van der Waals surface area contributed by atoms with E-state index in [0.29, 0.717) is 19.8 Å². The lowest BCUT2D eigenvalue weighted by Crippen LogP contribution is -2.56. The molecule has 0 bridgehead atoms. The Labute approximate surface area is 148 Å². The third-order valence-corrected chi connectivity index (χ3v) is 8.26. The number of halogens is 1. The van der Waals surface area contributed by atoms with Crippen molar-refractivity contribution < 1.29 is 13.3 Å². The van der Waals surface area contributed by atoms with Gasteiger partial charge >= 0.3 is 8.80 Å². The van der Waals surface area contributed by atoms with E-state index >= 15 is 0 Å². The fraction of sp³-hybridized carbons (Fsp3) is 0.750. The monoisotopic (exact) mass is 408 g/mol. The first-order valence-corrected chi connectivity index (χ1v) is 11.7. The number of hydrogen-bond donors (Lipinski definition) is 0. The highest BCUT2D eigenvalue weighted by Crippen LogP contribution is 2.22. The maximum absolute atomic E-state index is 6.25. The van der Waals surface area contributed by atoms with E-state index in [0.717, 1.165) is 46.8 Å². The molecule has 128 valence electrons. The molecule has 0 aliphatic heterocycles. The second-order valence-corrected chi connectivity index (χ2v) is 10.6. The molecule has 22 heavy (non-hydrogen) atoms. The van der Waals surface area contributed by atoms with E-state index in [1.807, 2.05) is 0 Å². The first-order chi connectivity index (χ1) is 10.7. The van der Waals surface area contributed by atoms with Gasteiger partial charge in [-0.1, -0.05) is 40.0 Å². The van der Waals surface area contributed by atoms with Crippen LogP contribution in [0.3, 0.4) is 0 Å². The van der Waals surface area contributed by atoms with Crippen LogP contribution in [0, 0.1) is 0 Å². The van der Waals surface area contributed by atoms with Crippen molar-refractivity contribution in [3.63, 3.8) is 0 Å². The van der Waals surface area contributed by atoms with Gasteiger partial charge in [0, 0.05) is 19.8 Å². The second kappa shape index (κ2) is 11.8. The van der Waals surface area contributed by atoms with Crippen LogP contribution in [0.2, 0.25) is 0 Å². The summed E-state index contributed by atoms with van der Waals surface area (Å²) in [6, 6.07) is 4.14. The Morgan fingerprint density at radius 3 is 1.64 bits per heavy atom. The van der Waals surface area contributed by atoms with E-state index in [-0.39, 0.29) is 0 Å². The molecule has 1 rings (SSSR count). The van der Waals surface area contributed by atoms with Crippen molar-refractivity contribution in [2.24, 2.45) is 0 Å². The maximum Gasteiger partial charge on any atom is 0.547 e. The minimum Gasteiger partial charge on any atom is -0.370 e. The molecular weight excluding hydrogens is 380 g/mol. The Hall–Kier alpha value is 0.277. The first kappa shape index (κ1) is 20.3. The van der Waals surface area contributed by atoms with Crippen molar-refractivity contribution in [1.82, 2.24) is 0 Å². The Kier molecular flexibility index (Phi) is 10.9. The zero-order valence-electron chi connectivity index (χ0n) is 14.0. The molecule has 0 saturated heterocycles. The van der Waals surface area contributed by atoms with Crippen LogP contribution in [0.4, 0.5) is 0 Å². The lowest BCUT2D eigenvalue weighted by molar-refractivity contribution is 0.0707. The van der Waals surface area contributed by atoms with Gasteiger partial charge in [-0.05, 0) is 47.3 Å². The molecule has 0 radical (unpaired) electrons. The Morgan fingerprint density at radius 1 is 0.864 bits per heavy atom. The van der Waals surface area contributed by atoms with Gasteiger partial charge in [-0.15, -0.1) is 11.3 Å². The molecule has 0 aliphatic rings. The SMILES string of the molecule is CCCCO[Si](OCCCC)(OCCCC)c1ccc(Br)s1. The lowest BCUT2D eigenvalue weighted by Gasteiger charge is -2.28. The summed E-state index contributed by atoms with van der Waals surface area (Å²) >= 11 is 5.22. The van der Waals surface area contributed by atoms with E-state index in [4.69, 9.17) is 13.3 Å². The van der Waals surface area contributed by atoms with Crippen LogP contribution in [-0.4, -0.2) is 28.6 Å². The van der Waals surface area contributed by atoms with E-state index in [2.05, 4.69) is 48.8 Å². The predicted molar refractivity (Wildman–Crippen MR) is 100.0 cm³/mol. The summed E-state index contributed by atoms with van der Waals surface area (Å²) in [7, 11) is -2.77. The predicted octanol–water partition coefficient (Wildman–Crippen LogP) is 5.11. The third kappa shape index (κ3) is 6.80. The molecule has 1 aromatic rings. The minimum absolute atomic E-state index is 0.705. The van der Waals surface area contributed by atoms with Crippen molar-refractivity contribution >= 4 is 40.6 Å². The Morgan fingerprint density at radius 2 is 1.32 bits per heavy atom. The quantitative estimate of drug-likeness (QED) is 0.335. The first-order valence-electron chi connectivity index (χ1n) is 8.36. The molecule has 0 saturated carbocycles. The molecule has 6 heteroatoms. The van der Waals surface area contributed by atoms with Crippen LogP contribution in [0.1, 0.15) is 59.3 Å². The summed E-state index contributed by atoms with van der Waals surface area (Å²) < 4.78 is 20.9. The smallest absolute Gasteiger partial charge is 0.370 e. The molecule has 0 spiro atoms. The summed E-state index contributed by atoms with van der Waals surface area (Å²) in [6.07, 6.45) is 6.45. The summed E-state index contributed by atoms with van der Waals surface area (Å²) in [5.41, 5.74) is 0. The lowest BCUT2D eigenvalue weighted by atomic mass is 10.4. The van der Waals surface area contributed by atoms with Crippen LogP contribution in [-0.2, 0) is 13.3 Å². The number of unbranched alkanes of at least 4 members (excludes halogenated alkanes) is 3. The number of rotatable bonds is 13. The van der Waals surface area contributed by atoms with Gasteiger partial charge in [0.05, 0.1) is 8.29 Å². The van der Waals surface area contributed by atoms with Crippen LogP contribution in [0.5, 0.6) is 0 Å². The summed E-state index contributed by atoms with van der Waals surface area (Å²) in [5.74, 6) is 0. The van der Waals surface area contributed by atoms with Gasteiger partial charge in [-0.3, -0.25) is 0 Å². The topological polar surface area (TPSA) is 27.7 Å². The van der Waals surface area contributed by atoms with Crippen molar-refractivity contribution in [2.45, 2.75) is 59.3 Å². The highest BCUT2D eigenvalue weighted by atomic mass is 79.9. The van der Waals surface area contributed by atoms with E-state index in [9.17, 15) is 0 Å². The van der Waals surface area contributed by atoms with Crippen molar-refractivity contribution in [3.8, 4) is 0 Å². The standard InChI is InChI=1S/C16H29BrO3SSi/c1-4-7-12-18-22(19-13-8-5-2,20-14-9-6-3)16-11-10-15(17)21-16/h10-11H,4-9,12-14H2,1-3H3. The van der Waals surface area contributed by atoms with Gasteiger partial charge in [0.15, 0.2) is 0 Å². The highest BCUT2D eigenvalue weighted by molar-refractivity contribution is 9.11. The molecular formula is C16H29BrO3SSi. The van der Waals surface area contributed by atoms with Gasteiger partial charge in [-0.2, -0.15) is 0 Å². The van der Waals surface area contributed by atoms with Crippen LogP contribution < -0.4 is 4.50 Å². The molecule has 0 aromatic carbocycles. The Bertz CT molecular complexity index is 374. The van der Waals surface area contributed by atoms with E-state index in [1.54, 1.807) is 11.3 Å². The van der Waals surface area contributed by atoms with Crippen LogP contribution in [0.25, 0.3) is 0 Å². The molecule has 3 nitrogen and oxygen atoms in total. The molecule has 1 heterocycles. The average Bonchev–Trinajstić information content (AvgIpc) is 2.94. The average molecular weight is 409 g/mol. The van der Waals surface area contributed by atoms with Gasteiger partial charge in [-0.25, -0.2) is 0 Å². The van der Waals surface area contributed by atoms with Gasteiger partial charge < -0.3 is 13.3 Å². The zero-order valence-corrected chi connectivity index (χ0v) is 17.4. The second-order valence-electron chi connectivity index (χ2n) is 5.27. The zero-order chi connectivity index (χ0) is 16.3. The fourth-order valence-corrected chi connectivity index (χ4v) is 7.02. The van der Waals surface area contributed by atoms with E-state index in [1.165, 1.54) is 0 Å². The molecule has 0 atom stereocenters. The molecule has 0 amide bonds. The van der Waals surface area contributed by atoms with Crippen LogP contribution in [0.15, 0.2) is 15.9 Å². The summed E-state index contributed by atoms with van der Waals surface area (Å²) in [5, 5.41) is 0. The molecule has 1 aromatic heterocycles. The molecule has 0 fully saturated rings. The maximum atomic E-state index is 6.25. The van der Waals surface area contributed by atoms with Gasteiger partial charge in [0.25, 0.3) is 0 Å². The van der Waals surface area contributed by atoms with Crippen molar-refractivity contribution in [1.29, 1.82) is 0 Å². The highest BCUT2D eigenvalue weighted by Gasteiger charge is 2.45. The number of hydrogen-bond acceptors (Lipinski definition) is 4. The molecule has 0 unspecified atom stereocenters. The largest absolute Gasteiger partial charge is 0.547 e. The van der Waals surface area contributed by atoms with Crippen molar-refractivity contribution in [3.05, 3.63) is 15.9 Å². The van der Waals surface area contributed by atoms with Gasteiger partial charge in [0.1, 0.15) is 0 Å². The van der Waals surface area contributed by atoms with E-state index < -0.39 is 8.80 Å². The minimum atomic E-state index is -2.77. The Balaban J connectivity index is 2.87. The summed E-state index contributed by atoms with van der Waals surface area (Å²) in [6.45, 7) is 8.63. The van der Waals surface area contributed by atoms with Gasteiger partial charge in [0.2, 0.25) is 0 Å². The normalized spacial score (nSPS) is 12.0. The molecule has 0 N–H and O–H groups in total. The van der Waals surface area contributed by atoms with Crippen molar-refractivity contribution in [2.75, 3.05) is 19.8 Å².